The van der Waals surface area contributed by atoms with Crippen LogP contribution in [0.15, 0.2) is 43.0 Å². The highest BCUT2D eigenvalue weighted by Crippen LogP contribution is 2.19. The number of hydrogen-bond donors (Lipinski definition) is 0. The largest absolute Gasteiger partial charge is 0.484 e. The number of imidazole rings is 1. The zero-order valence-corrected chi connectivity index (χ0v) is 12.9. The quantitative estimate of drug-likeness (QED) is 0.850. The third kappa shape index (κ3) is 4.31. The minimum absolute atomic E-state index is 0.0105. The molecule has 1 saturated heterocycles. The van der Waals surface area contributed by atoms with E-state index in [2.05, 4.69) is 4.98 Å². The first kappa shape index (κ1) is 15.5. The van der Waals surface area contributed by atoms with Crippen molar-refractivity contribution in [2.24, 2.45) is 5.92 Å². The minimum atomic E-state index is -0.318. The molecule has 1 amide bonds. The van der Waals surface area contributed by atoms with Crippen molar-refractivity contribution in [1.82, 2.24) is 14.5 Å². The maximum atomic E-state index is 12.8. The topological polar surface area (TPSA) is 47.4 Å². The molecule has 1 unspecified atom stereocenters. The van der Waals surface area contributed by atoms with E-state index in [1.54, 1.807) is 12.5 Å². The number of nitrogens with zero attached hydrogens (tertiary/aromatic N) is 3. The fourth-order valence-corrected chi connectivity index (χ4v) is 2.90. The summed E-state index contributed by atoms with van der Waals surface area (Å²) < 4.78 is 20.3. The van der Waals surface area contributed by atoms with Crippen LogP contribution < -0.4 is 4.74 Å². The van der Waals surface area contributed by atoms with Crippen LogP contribution in [-0.2, 0) is 11.3 Å². The number of aromatic nitrogens is 2. The lowest BCUT2D eigenvalue weighted by Gasteiger charge is -2.32. The van der Waals surface area contributed by atoms with Gasteiger partial charge < -0.3 is 14.2 Å². The molecule has 6 heteroatoms. The Morgan fingerprint density at radius 2 is 2.17 bits per heavy atom. The van der Waals surface area contributed by atoms with E-state index < -0.39 is 0 Å². The molecule has 2 heterocycles. The van der Waals surface area contributed by atoms with Gasteiger partial charge in [0.1, 0.15) is 11.6 Å². The van der Waals surface area contributed by atoms with Crippen molar-refractivity contribution in [3.05, 3.63) is 48.8 Å². The number of amides is 1. The number of piperidine rings is 1. The highest BCUT2D eigenvalue weighted by Gasteiger charge is 2.24. The molecule has 3 rings (SSSR count). The highest BCUT2D eigenvalue weighted by atomic mass is 19.1. The van der Waals surface area contributed by atoms with E-state index >= 15 is 0 Å². The molecule has 0 N–H and O–H groups in total. The summed E-state index contributed by atoms with van der Waals surface area (Å²) in [5.74, 6) is 0.603. The highest BCUT2D eigenvalue weighted by molar-refractivity contribution is 5.77. The summed E-state index contributed by atoms with van der Waals surface area (Å²) in [4.78, 5) is 18.2. The summed E-state index contributed by atoms with van der Waals surface area (Å²) in [5, 5.41) is 0. The van der Waals surface area contributed by atoms with Gasteiger partial charge in [-0.2, -0.15) is 0 Å². The van der Waals surface area contributed by atoms with Gasteiger partial charge in [0.05, 0.1) is 6.33 Å². The first-order valence-electron chi connectivity index (χ1n) is 7.82. The Morgan fingerprint density at radius 3 is 2.91 bits per heavy atom. The molecule has 1 atom stereocenters. The van der Waals surface area contributed by atoms with E-state index in [1.807, 2.05) is 15.7 Å². The van der Waals surface area contributed by atoms with Gasteiger partial charge >= 0.3 is 0 Å². The molecule has 23 heavy (non-hydrogen) atoms. The third-order valence-corrected chi connectivity index (χ3v) is 4.08. The Morgan fingerprint density at radius 1 is 1.35 bits per heavy atom. The molecule has 0 aliphatic carbocycles. The second-order valence-corrected chi connectivity index (χ2v) is 5.85. The Kier molecular flexibility index (Phi) is 4.90. The van der Waals surface area contributed by atoms with E-state index in [1.165, 1.54) is 24.3 Å². The molecular weight excluding hydrogens is 297 g/mol. The number of carbonyl (C=O) groups is 1. The summed E-state index contributed by atoms with van der Waals surface area (Å²) in [7, 11) is 0. The van der Waals surface area contributed by atoms with Crippen LogP contribution in [0.4, 0.5) is 4.39 Å². The zero-order valence-electron chi connectivity index (χ0n) is 12.9. The van der Waals surface area contributed by atoms with Crippen molar-refractivity contribution in [3.8, 4) is 5.75 Å². The fraction of sp³-hybridized carbons (Fsp3) is 0.412. The van der Waals surface area contributed by atoms with Gasteiger partial charge in [-0.3, -0.25) is 4.79 Å². The van der Waals surface area contributed by atoms with Gasteiger partial charge in [-0.1, -0.05) is 0 Å². The minimum Gasteiger partial charge on any atom is -0.484 e. The number of hydrogen-bond acceptors (Lipinski definition) is 3. The molecule has 0 saturated carbocycles. The molecule has 0 bridgehead atoms. The number of rotatable bonds is 5. The van der Waals surface area contributed by atoms with Gasteiger partial charge in [0.25, 0.3) is 5.91 Å². The predicted octanol–water partition coefficient (Wildman–Crippen LogP) is 2.34. The smallest absolute Gasteiger partial charge is 0.260 e. The molecule has 1 aromatic heterocycles. The molecule has 122 valence electrons. The van der Waals surface area contributed by atoms with Crippen molar-refractivity contribution in [1.29, 1.82) is 0 Å². The van der Waals surface area contributed by atoms with Gasteiger partial charge in [-0.15, -0.1) is 0 Å². The summed E-state index contributed by atoms with van der Waals surface area (Å²) in [6, 6.07) is 5.70. The number of likely N-dealkylation sites (tertiary alicyclic amines) is 1. The number of halogens is 1. The first-order valence-corrected chi connectivity index (χ1v) is 7.82. The van der Waals surface area contributed by atoms with Gasteiger partial charge in [-0.05, 0) is 43.0 Å². The van der Waals surface area contributed by atoms with Crippen molar-refractivity contribution in [2.75, 3.05) is 19.7 Å². The summed E-state index contributed by atoms with van der Waals surface area (Å²) in [6.45, 7) is 2.38. The van der Waals surface area contributed by atoms with E-state index in [4.69, 9.17) is 4.74 Å². The Hall–Kier alpha value is -2.37. The summed E-state index contributed by atoms with van der Waals surface area (Å²) >= 11 is 0. The van der Waals surface area contributed by atoms with Gasteiger partial charge in [-0.25, -0.2) is 9.37 Å². The van der Waals surface area contributed by atoms with Gasteiger partial charge in [0.2, 0.25) is 0 Å². The van der Waals surface area contributed by atoms with Crippen LogP contribution in [0.1, 0.15) is 12.8 Å². The summed E-state index contributed by atoms with van der Waals surface area (Å²) in [5.41, 5.74) is 0. The average Bonchev–Trinajstić information content (AvgIpc) is 3.07. The lowest BCUT2D eigenvalue weighted by Crippen LogP contribution is -2.43. The van der Waals surface area contributed by atoms with Crippen LogP contribution in [0, 0.1) is 11.7 Å². The molecule has 1 aliphatic heterocycles. The number of ether oxygens (including phenoxy) is 1. The SMILES string of the molecule is O=C(COc1ccc(F)cc1)N1CCCC(Cn2ccnc2)C1. The van der Waals surface area contributed by atoms with Crippen LogP contribution in [0.5, 0.6) is 5.75 Å². The van der Waals surface area contributed by atoms with Crippen LogP contribution in [0.25, 0.3) is 0 Å². The first-order chi connectivity index (χ1) is 11.2. The Labute approximate surface area is 134 Å². The van der Waals surface area contributed by atoms with E-state index in [0.717, 1.165) is 32.5 Å². The molecule has 5 nitrogen and oxygen atoms in total. The predicted molar refractivity (Wildman–Crippen MR) is 83.4 cm³/mol. The molecule has 0 spiro atoms. The van der Waals surface area contributed by atoms with E-state index in [9.17, 15) is 9.18 Å². The summed E-state index contributed by atoms with van der Waals surface area (Å²) in [6.07, 6.45) is 7.63. The Bertz CT molecular complexity index is 628. The van der Waals surface area contributed by atoms with Crippen LogP contribution in [-0.4, -0.2) is 40.1 Å². The number of benzene rings is 1. The maximum absolute atomic E-state index is 12.8. The van der Waals surface area contributed by atoms with Crippen molar-refractivity contribution in [2.45, 2.75) is 19.4 Å². The van der Waals surface area contributed by atoms with E-state index in [0.29, 0.717) is 11.7 Å². The van der Waals surface area contributed by atoms with E-state index in [-0.39, 0.29) is 18.3 Å². The lowest BCUT2D eigenvalue weighted by atomic mass is 9.98. The second-order valence-electron chi connectivity index (χ2n) is 5.85. The Balaban J connectivity index is 1.49. The average molecular weight is 317 g/mol. The number of carbonyl (C=O) groups excluding carboxylic acids is 1. The van der Waals surface area contributed by atoms with Crippen LogP contribution >= 0.6 is 0 Å². The van der Waals surface area contributed by atoms with Crippen LogP contribution in [0.3, 0.4) is 0 Å². The molecule has 1 fully saturated rings. The van der Waals surface area contributed by atoms with Gasteiger partial charge in [0, 0.05) is 32.0 Å². The second kappa shape index (κ2) is 7.26. The molecular formula is C17H20FN3O2. The molecule has 1 aromatic carbocycles. The molecule has 2 aromatic rings. The lowest BCUT2D eigenvalue weighted by molar-refractivity contribution is -0.135. The van der Waals surface area contributed by atoms with Crippen LogP contribution in [0.2, 0.25) is 0 Å². The van der Waals surface area contributed by atoms with Crippen molar-refractivity contribution < 1.29 is 13.9 Å². The molecule has 1 aliphatic rings. The standard InChI is InChI=1S/C17H20FN3O2/c18-15-3-5-16(6-4-15)23-12-17(22)21-8-1-2-14(11-21)10-20-9-7-19-13-20/h3-7,9,13-14H,1-2,8,10-12H2. The van der Waals surface area contributed by atoms with Gasteiger partial charge in [0.15, 0.2) is 6.61 Å². The third-order valence-electron chi connectivity index (χ3n) is 4.08. The molecule has 0 radical (unpaired) electrons. The fourth-order valence-electron chi connectivity index (χ4n) is 2.90. The zero-order chi connectivity index (χ0) is 16.1. The maximum Gasteiger partial charge on any atom is 0.260 e. The normalized spacial score (nSPS) is 18.0. The van der Waals surface area contributed by atoms with Crippen molar-refractivity contribution >= 4 is 5.91 Å². The van der Waals surface area contributed by atoms with Crippen molar-refractivity contribution in [3.63, 3.8) is 0 Å². The monoisotopic (exact) mass is 317 g/mol.